The number of nitrogens with one attached hydrogen (secondary N) is 1. The Labute approximate surface area is 90.0 Å². The van der Waals surface area contributed by atoms with Gasteiger partial charge in [-0.1, -0.05) is 26.0 Å². The molecule has 0 radical (unpaired) electrons. The summed E-state index contributed by atoms with van der Waals surface area (Å²) in [6, 6.07) is 0. The minimum Gasteiger partial charge on any atom is -0.396 e. The first-order valence-corrected chi connectivity index (χ1v) is 5.15. The Hall–Kier alpha value is -1.29. The van der Waals surface area contributed by atoms with Crippen molar-refractivity contribution in [1.29, 1.82) is 0 Å². The molecule has 1 N–H and O–H groups in total. The molecule has 0 amide bonds. The summed E-state index contributed by atoms with van der Waals surface area (Å²) in [6.45, 7) is 8.93. The quantitative estimate of drug-likeness (QED) is 0.615. The molecule has 0 saturated carbocycles. The van der Waals surface area contributed by atoms with E-state index in [1.165, 1.54) is 0 Å². The molecule has 0 aliphatic carbocycles. The van der Waals surface area contributed by atoms with Crippen LogP contribution in [0.3, 0.4) is 0 Å². The molecule has 86 valence electrons. The summed E-state index contributed by atoms with van der Waals surface area (Å²) in [5.74, 6) is 0.466. The Kier molecular flexibility index (Phi) is 7.36. The summed E-state index contributed by atoms with van der Waals surface area (Å²) in [6.07, 6.45) is 3.93. The molecular weight excluding hydrogens is 194 g/mol. The summed E-state index contributed by atoms with van der Waals surface area (Å²) >= 11 is 0. The van der Waals surface area contributed by atoms with Gasteiger partial charge in [-0.05, 0) is 13.8 Å². The zero-order valence-electron chi connectivity index (χ0n) is 9.79. The van der Waals surface area contributed by atoms with Crippen LogP contribution in [0.15, 0.2) is 25.8 Å². The Morgan fingerprint density at radius 2 is 2.00 bits per heavy atom. The second-order valence-corrected chi connectivity index (χ2v) is 2.63. The van der Waals surface area contributed by atoms with Crippen LogP contribution in [0.4, 0.5) is 0 Å². The highest BCUT2D eigenvalue weighted by atomic mass is 16.6. The first kappa shape index (κ1) is 13.7. The maximum absolute atomic E-state index is 10.6. The van der Waals surface area contributed by atoms with Crippen LogP contribution in [-0.2, 0) is 6.54 Å². The fourth-order valence-electron chi connectivity index (χ4n) is 0.923. The van der Waals surface area contributed by atoms with Gasteiger partial charge in [-0.3, -0.25) is 0 Å². The van der Waals surface area contributed by atoms with Gasteiger partial charge >= 0.3 is 5.82 Å². The van der Waals surface area contributed by atoms with Gasteiger partial charge in [-0.25, -0.2) is 4.79 Å². The van der Waals surface area contributed by atoms with Gasteiger partial charge in [0.2, 0.25) is 0 Å². The fraction of sp³-hybridized carbons (Fsp3) is 0.545. The highest BCUT2D eigenvalue weighted by Gasteiger charge is 2.06. The minimum absolute atomic E-state index is 0.516. The molecule has 4 heteroatoms. The van der Waals surface area contributed by atoms with E-state index < -0.39 is 5.82 Å². The number of rotatable bonds is 4. The van der Waals surface area contributed by atoms with Gasteiger partial charge in [0.1, 0.15) is 5.76 Å². The molecule has 0 bridgehead atoms. The molecule has 0 unspecified atom stereocenters. The minimum atomic E-state index is -0.639. The highest BCUT2D eigenvalue weighted by molar-refractivity contribution is 5.00. The normalized spacial score (nSPS) is 10.1. The molecule has 0 spiro atoms. The van der Waals surface area contributed by atoms with E-state index in [1.807, 2.05) is 32.9 Å². The molecule has 0 atom stereocenters. The highest BCUT2D eigenvalue weighted by Crippen LogP contribution is 2.03. The van der Waals surface area contributed by atoms with Crippen LogP contribution in [0.1, 0.15) is 32.3 Å². The van der Waals surface area contributed by atoms with Crippen LogP contribution in [0, 0.1) is 6.92 Å². The molecule has 0 fully saturated rings. The van der Waals surface area contributed by atoms with Crippen LogP contribution in [0.5, 0.6) is 0 Å². The maximum atomic E-state index is 10.6. The Morgan fingerprint density at radius 3 is 2.47 bits per heavy atom. The molecule has 0 aliphatic rings. The molecule has 1 aromatic rings. The van der Waals surface area contributed by atoms with Crippen molar-refractivity contribution in [2.45, 2.75) is 34.2 Å². The van der Waals surface area contributed by atoms with Gasteiger partial charge in [-0.2, -0.15) is 0 Å². The molecule has 0 aliphatic heterocycles. The van der Waals surface area contributed by atoms with E-state index in [4.69, 9.17) is 8.83 Å². The second-order valence-electron chi connectivity index (χ2n) is 2.63. The lowest BCUT2D eigenvalue weighted by molar-refractivity contribution is 0.366. The van der Waals surface area contributed by atoms with E-state index in [2.05, 4.69) is 5.32 Å². The maximum Gasteiger partial charge on any atom is 0.519 e. The third-order valence-corrected chi connectivity index (χ3v) is 1.62. The molecular formula is C11H19NO3. The lowest BCUT2D eigenvalue weighted by atomic mass is 10.4. The largest absolute Gasteiger partial charge is 0.519 e. The van der Waals surface area contributed by atoms with Crippen LogP contribution >= 0.6 is 0 Å². The van der Waals surface area contributed by atoms with Crippen molar-refractivity contribution < 1.29 is 8.83 Å². The molecule has 1 aromatic heterocycles. The van der Waals surface area contributed by atoms with Gasteiger partial charge in [0.05, 0.1) is 6.54 Å². The Balaban J connectivity index is 0.000000921. The van der Waals surface area contributed by atoms with Crippen LogP contribution in [-0.4, -0.2) is 6.54 Å². The third-order valence-electron chi connectivity index (χ3n) is 1.62. The molecule has 0 aromatic carbocycles. The van der Waals surface area contributed by atoms with E-state index in [-0.39, 0.29) is 0 Å². The predicted octanol–water partition coefficient (Wildman–Crippen LogP) is 2.23. The van der Waals surface area contributed by atoms with Crippen molar-refractivity contribution in [2.24, 2.45) is 0 Å². The Morgan fingerprint density at radius 1 is 1.33 bits per heavy atom. The average Bonchev–Trinajstić information content (AvgIpc) is 2.55. The van der Waals surface area contributed by atoms with Crippen LogP contribution < -0.4 is 11.1 Å². The second kappa shape index (κ2) is 8.05. The molecule has 15 heavy (non-hydrogen) atoms. The van der Waals surface area contributed by atoms with Crippen molar-refractivity contribution in [1.82, 2.24) is 5.32 Å². The first-order valence-electron chi connectivity index (χ1n) is 5.15. The Bertz CT molecular complexity index is 336. The van der Waals surface area contributed by atoms with Crippen molar-refractivity contribution >= 4 is 0 Å². The predicted molar refractivity (Wildman–Crippen MR) is 59.8 cm³/mol. The lowest BCUT2D eigenvalue weighted by Gasteiger charge is -1.96. The van der Waals surface area contributed by atoms with Crippen molar-refractivity contribution in [3.05, 3.63) is 34.3 Å². The smallest absolute Gasteiger partial charge is 0.396 e. The summed E-state index contributed by atoms with van der Waals surface area (Å²) in [5, 5.41) is 3.08. The van der Waals surface area contributed by atoms with Gasteiger partial charge in [0, 0.05) is 6.54 Å². The van der Waals surface area contributed by atoms with Gasteiger partial charge in [0.25, 0.3) is 0 Å². The van der Waals surface area contributed by atoms with Crippen molar-refractivity contribution in [3.63, 3.8) is 0 Å². The number of allylic oxidation sites excluding steroid dienone is 1. The van der Waals surface area contributed by atoms with Gasteiger partial charge < -0.3 is 14.2 Å². The monoisotopic (exact) mass is 213 g/mol. The first-order chi connectivity index (χ1) is 7.24. The van der Waals surface area contributed by atoms with E-state index in [1.54, 1.807) is 6.92 Å². The van der Waals surface area contributed by atoms with E-state index in [0.29, 0.717) is 18.1 Å². The lowest BCUT2D eigenvalue weighted by Crippen LogP contribution is -2.12. The third kappa shape index (κ3) is 5.22. The zero-order chi connectivity index (χ0) is 11.7. The number of hydrogen-bond donors (Lipinski definition) is 1. The summed E-state index contributed by atoms with van der Waals surface area (Å²) < 4.78 is 9.48. The molecule has 0 saturated heterocycles. The standard InChI is InChI=1S/C9H13NO3.C2H6/c1-3-4-5-10-6-8-7(2)12-9(11)13-8;1-2/h3-4,10H,5-6H2,1-2H3;1-2H3/b4-3-;. The van der Waals surface area contributed by atoms with Crippen LogP contribution in [0.2, 0.25) is 0 Å². The summed E-state index contributed by atoms with van der Waals surface area (Å²) in [4.78, 5) is 10.6. The summed E-state index contributed by atoms with van der Waals surface area (Å²) in [7, 11) is 0. The van der Waals surface area contributed by atoms with E-state index in [9.17, 15) is 4.79 Å². The number of aryl methyl sites for hydroxylation is 1. The van der Waals surface area contributed by atoms with Gasteiger partial charge in [0.15, 0.2) is 5.76 Å². The van der Waals surface area contributed by atoms with Crippen LogP contribution in [0.25, 0.3) is 0 Å². The van der Waals surface area contributed by atoms with E-state index >= 15 is 0 Å². The fourth-order valence-corrected chi connectivity index (χ4v) is 0.923. The average molecular weight is 213 g/mol. The van der Waals surface area contributed by atoms with Crippen molar-refractivity contribution in [3.8, 4) is 0 Å². The van der Waals surface area contributed by atoms with Gasteiger partial charge in [-0.15, -0.1) is 0 Å². The number of hydrogen-bond acceptors (Lipinski definition) is 4. The SMILES string of the molecule is C/C=C\CNCc1oc(=O)oc1C.CC. The zero-order valence-corrected chi connectivity index (χ0v) is 9.79. The molecule has 1 heterocycles. The van der Waals surface area contributed by atoms with E-state index in [0.717, 1.165) is 6.54 Å². The topological polar surface area (TPSA) is 55.4 Å². The molecule has 1 rings (SSSR count). The molecule has 4 nitrogen and oxygen atoms in total. The van der Waals surface area contributed by atoms with Crippen molar-refractivity contribution in [2.75, 3.05) is 6.54 Å². The summed E-state index contributed by atoms with van der Waals surface area (Å²) in [5.41, 5.74) is 0.